The van der Waals surface area contributed by atoms with Crippen molar-refractivity contribution in [2.45, 2.75) is 20.0 Å². The van der Waals surface area contributed by atoms with Gasteiger partial charge in [0.2, 0.25) is 0 Å². The molecule has 0 bridgehead atoms. The first kappa shape index (κ1) is 15.7. The standard InChI is InChI=1S/C18H16N2O4/c1-10(2)24-13-6-3-11(4-7-13)16(21)19-12-5-8-14-15(9-12)18(23)20-17(14)22/h3-10H,1-2H3,(H,19,21)(H,20,22,23). The lowest BCUT2D eigenvalue weighted by molar-refractivity contribution is 0.0878. The topological polar surface area (TPSA) is 84.5 Å². The average molecular weight is 324 g/mol. The first-order valence-electron chi connectivity index (χ1n) is 7.52. The molecule has 0 saturated carbocycles. The van der Waals surface area contributed by atoms with Crippen LogP contribution in [-0.4, -0.2) is 23.8 Å². The molecule has 1 aliphatic heterocycles. The minimum absolute atomic E-state index is 0.0601. The highest BCUT2D eigenvalue weighted by Crippen LogP contribution is 2.21. The van der Waals surface area contributed by atoms with Gasteiger partial charge < -0.3 is 10.1 Å². The SMILES string of the molecule is CC(C)Oc1ccc(C(=O)Nc2ccc3c(c2)C(=O)NC3=O)cc1. The van der Waals surface area contributed by atoms with Crippen LogP contribution in [0, 0.1) is 0 Å². The van der Waals surface area contributed by atoms with E-state index in [9.17, 15) is 14.4 Å². The van der Waals surface area contributed by atoms with E-state index in [1.807, 2.05) is 13.8 Å². The summed E-state index contributed by atoms with van der Waals surface area (Å²) in [5.74, 6) is -0.500. The van der Waals surface area contributed by atoms with Gasteiger partial charge in [-0.15, -0.1) is 0 Å². The van der Waals surface area contributed by atoms with Crippen molar-refractivity contribution in [1.82, 2.24) is 5.32 Å². The third-order valence-electron chi connectivity index (χ3n) is 3.48. The third-order valence-corrected chi connectivity index (χ3v) is 3.48. The van der Waals surface area contributed by atoms with Crippen LogP contribution in [0.1, 0.15) is 44.9 Å². The van der Waals surface area contributed by atoms with Crippen molar-refractivity contribution in [3.63, 3.8) is 0 Å². The number of nitrogens with one attached hydrogen (secondary N) is 2. The number of hydrogen-bond acceptors (Lipinski definition) is 4. The first-order valence-corrected chi connectivity index (χ1v) is 7.52. The fourth-order valence-corrected chi connectivity index (χ4v) is 2.41. The first-order chi connectivity index (χ1) is 11.4. The Bertz CT molecular complexity index is 825. The zero-order valence-electron chi connectivity index (χ0n) is 13.3. The van der Waals surface area contributed by atoms with Gasteiger partial charge in [0.05, 0.1) is 17.2 Å². The summed E-state index contributed by atoms with van der Waals surface area (Å²) in [4.78, 5) is 35.4. The number of rotatable bonds is 4. The second-order valence-corrected chi connectivity index (χ2v) is 5.69. The van der Waals surface area contributed by atoms with E-state index in [-0.39, 0.29) is 17.6 Å². The van der Waals surface area contributed by atoms with Crippen molar-refractivity contribution in [3.05, 3.63) is 59.2 Å². The van der Waals surface area contributed by atoms with Crippen molar-refractivity contribution < 1.29 is 19.1 Å². The Morgan fingerprint density at radius 2 is 1.67 bits per heavy atom. The van der Waals surface area contributed by atoms with E-state index in [1.165, 1.54) is 12.1 Å². The number of amides is 3. The van der Waals surface area contributed by atoms with Crippen LogP contribution in [0.5, 0.6) is 5.75 Å². The van der Waals surface area contributed by atoms with Crippen molar-refractivity contribution in [2.75, 3.05) is 5.32 Å². The van der Waals surface area contributed by atoms with E-state index >= 15 is 0 Å². The van der Waals surface area contributed by atoms with Crippen molar-refractivity contribution in [1.29, 1.82) is 0 Å². The van der Waals surface area contributed by atoms with Gasteiger partial charge in [0.25, 0.3) is 17.7 Å². The average Bonchev–Trinajstić information content (AvgIpc) is 2.82. The molecule has 0 fully saturated rings. The molecule has 3 amide bonds. The van der Waals surface area contributed by atoms with Gasteiger partial charge in [-0.2, -0.15) is 0 Å². The van der Waals surface area contributed by atoms with Crippen LogP contribution in [-0.2, 0) is 0 Å². The molecule has 0 spiro atoms. The van der Waals surface area contributed by atoms with Gasteiger partial charge in [-0.3, -0.25) is 19.7 Å². The van der Waals surface area contributed by atoms with Crippen LogP contribution in [0.25, 0.3) is 0 Å². The molecule has 6 nitrogen and oxygen atoms in total. The molecule has 0 radical (unpaired) electrons. The maximum atomic E-state index is 12.3. The molecule has 1 heterocycles. The van der Waals surface area contributed by atoms with Crippen molar-refractivity contribution in [3.8, 4) is 5.75 Å². The lowest BCUT2D eigenvalue weighted by atomic mass is 10.1. The van der Waals surface area contributed by atoms with Crippen LogP contribution < -0.4 is 15.4 Å². The molecule has 0 atom stereocenters. The fourth-order valence-electron chi connectivity index (χ4n) is 2.41. The summed E-state index contributed by atoms with van der Waals surface area (Å²) >= 11 is 0. The maximum absolute atomic E-state index is 12.3. The molecule has 2 N–H and O–H groups in total. The normalized spacial score (nSPS) is 12.8. The summed E-state index contributed by atoms with van der Waals surface area (Å²) in [7, 11) is 0. The van der Waals surface area contributed by atoms with Crippen molar-refractivity contribution >= 4 is 23.4 Å². The van der Waals surface area contributed by atoms with Crippen LogP contribution >= 0.6 is 0 Å². The number of benzene rings is 2. The molecule has 2 aromatic rings. The number of imide groups is 1. The molecule has 0 aromatic heterocycles. The predicted octanol–water partition coefficient (Wildman–Crippen LogP) is 2.61. The molecule has 122 valence electrons. The van der Waals surface area contributed by atoms with Gasteiger partial charge >= 0.3 is 0 Å². The lowest BCUT2D eigenvalue weighted by Gasteiger charge is -2.10. The molecule has 0 unspecified atom stereocenters. The van der Waals surface area contributed by atoms with E-state index in [0.717, 1.165) is 0 Å². The van der Waals surface area contributed by atoms with E-state index in [2.05, 4.69) is 10.6 Å². The van der Waals surface area contributed by atoms with Crippen LogP contribution in [0.4, 0.5) is 5.69 Å². The van der Waals surface area contributed by atoms with Crippen LogP contribution in [0.2, 0.25) is 0 Å². The van der Waals surface area contributed by atoms with Crippen LogP contribution in [0.15, 0.2) is 42.5 Å². The van der Waals surface area contributed by atoms with E-state index in [0.29, 0.717) is 22.6 Å². The molecule has 24 heavy (non-hydrogen) atoms. The van der Waals surface area contributed by atoms with E-state index in [1.54, 1.807) is 30.3 Å². The number of hydrogen-bond donors (Lipinski definition) is 2. The molecular weight excluding hydrogens is 308 g/mol. The largest absolute Gasteiger partial charge is 0.491 e. The molecule has 1 aliphatic rings. The Morgan fingerprint density at radius 3 is 2.33 bits per heavy atom. The zero-order valence-corrected chi connectivity index (χ0v) is 13.3. The summed E-state index contributed by atoms with van der Waals surface area (Å²) in [6.07, 6.45) is 0.0601. The van der Waals surface area contributed by atoms with E-state index < -0.39 is 11.8 Å². The monoisotopic (exact) mass is 324 g/mol. The summed E-state index contributed by atoms with van der Waals surface area (Å²) in [6, 6.07) is 11.4. The Balaban J connectivity index is 1.74. The molecule has 6 heteroatoms. The second-order valence-electron chi connectivity index (χ2n) is 5.69. The summed E-state index contributed by atoms with van der Waals surface area (Å²) < 4.78 is 5.53. The molecule has 2 aromatic carbocycles. The van der Waals surface area contributed by atoms with Gasteiger partial charge in [-0.05, 0) is 56.3 Å². The van der Waals surface area contributed by atoms with Gasteiger partial charge in [-0.1, -0.05) is 0 Å². The number of fused-ring (bicyclic) bond motifs is 1. The highest BCUT2D eigenvalue weighted by Gasteiger charge is 2.26. The summed E-state index contributed by atoms with van der Waals surface area (Å²) in [5.41, 5.74) is 1.49. The zero-order chi connectivity index (χ0) is 17.3. The highest BCUT2D eigenvalue weighted by atomic mass is 16.5. The Labute approximate surface area is 138 Å². The molecule has 0 saturated heterocycles. The number of carbonyl (C=O) groups is 3. The Kier molecular flexibility index (Phi) is 4.04. The lowest BCUT2D eigenvalue weighted by Crippen LogP contribution is -2.19. The van der Waals surface area contributed by atoms with Crippen molar-refractivity contribution in [2.24, 2.45) is 0 Å². The fraction of sp³-hybridized carbons (Fsp3) is 0.167. The highest BCUT2D eigenvalue weighted by molar-refractivity contribution is 6.22. The minimum Gasteiger partial charge on any atom is -0.491 e. The predicted molar refractivity (Wildman–Crippen MR) is 88.4 cm³/mol. The van der Waals surface area contributed by atoms with Gasteiger partial charge in [0.15, 0.2) is 0 Å². The smallest absolute Gasteiger partial charge is 0.259 e. The maximum Gasteiger partial charge on any atom is 0.259 e. The van der Waals surface area contributed by atoms with Gasteiger partial charge in [-0.25, -0.2) is 0 Å². The second kappa shape index (κ2) is 6.16. The van der Waals surface area contributed by atoms with Gasteiger partial charge in [0, 0.05) is 11.3 Å². The Hall–Kier alpha value is -3.15. The molecule has 3 rings (SSSR count). The Morgan fingerprint density at radius 1 is 1.00 bits per heavy atom. The quantitative estimate of drug-likeness (QED) is 0.847. The van der Waals surface area contributed by atoms with Gasteiger partial charge in [0.1, 0.15) is 5.75 Å². The summed E-state index contributed by atoms with van der Waals surface area (Å²) in [6.45, 7) is 3.85. The third kappa shape index (κ3) is 3.12. The molecular formula is C18H16N2O4. The minimum atomic E-state index is -0.457. The molecule has 0 aliphatic carbocycles. The summed E-state index contributed by atoms with van der Waals surface area (Å²) in [5, 5.41) is 4.92. The number of anilines is 1. The number of carbonyl (C=O) groups excluding carboxylic acids is 3. The van der Waals surface area contributed by atoms with Crippen LogP contribution in [0.3, 0.4) is 0 Å². The van der Waals surface area contributed by atoms with E-state index in [4.69, 9.17) is 4.74 Å². The number of ether oxygens (including phenoxy) is 1.